The number of carbonyl (C=O) groups is 1. The molecule has 6 nitrogen and oxygen atoms in total. The predicted molar refractivity (Wildman–Crippen MR) is 160 cm³/mol. The summed E-state index contributed by atoms with van der Waals surface area (Å²) in [6.45, 7) is 10.8. The van der Waals surface area contributed by atoms with Crippen LogP contribution < -0.4 is 5.32 Å². The number of nitrogens with zero attached hydrogens (tertiary/aromatic N) is 4. The van der Waals surface area contributed by atoms with E-state index < -0.39 is 0 Å². The standard InChI is InChI=1S/C30H36FN5O.C2H6/c1-20(16-27-21(2)33-13-10-26(27)29-9-7-24(32-3)18-34-29)19-36-14-11-22(12-15-36)25-8-6-23(17-28(25)31)30(37)35(4)5;1-2/h6-10,13,16-18,22,32H,11-12,14-15,19H2,1-5H3;1-2H3/b20-16+;. The number of carbonyl (C=O) groups excluding carboxylic acids is 1. The maximum absolute atomic E-state index is 14.9. The molecule has 0 spiro atoms. The van der Waals surface area contributed by atoms with Crippen LogP contribution in [0.3, 0.4) is 0 Å². The van der Waals surface area contributed by atoms with Gasteiger partial charge in [0, 0.05) is 56.3 Å². The Bertz CT molecular complexity index is 1280. The zero-order chi connectivity index (χ0) is 28.5. The molecule has 0 aliphatic carbocycles. The first kappa shape index (κ1) is 30.0. The second-order valence-corrected chi connectivity index (χ2v) is 10.0. The first-order valence-corrected chi connectivity index (χ1v) is 13.8. The summed E-state index contributed by atoms with van der Waals surface area (Å²) < 4.78 is 14.9. The van der Waals surface area contributed by atoms with Gasteiger partial charge in [-0.2, -0.15) is 0 Å². The molecule has 0 atom stereocenters. The van der Waals surface area contributed by atoms with Crippen molar-refractivity contribution in [3.8, 4) is 11.3 Å². The van der Waals surface area contributed by atoms with Gasteiger partial charge in [-0.25, -0.2) is 4.39 Å². The number of anilines is 1. The molecule has 1 fully saturated rings. The van der Waals surface area contributed by atoms with E-state index in [1.165, 1.54) is 16.5 Å². The predicted octanol–water partition coefficient (Wildman–Crippen LogP) is 6.64. The molecule has 1 amide bonds. The zero-order valence-electron chi connectivity index (χ0n) is 24.4. The van der Waals surface area contributed by atoms with Crippen LogP contribution in [-0.4, -0.2) is 66.5 Å². The topological polar surface area (TPSA) is 61.4 Å². The van der Waals surface area contributed by atoms with Crippen LogP contribution >= 0.6 is 0 Å². The van der Waals surface area contributed by atoms with Gasteiger partial charge in [-0.1, -0.05) is 31.6 Å². The molecule has 7 heteroatoms. The van der Waals surface area contributed by atoms with E-state index in [-0.39, 0.29) is 17.6 Å². The summed E-state index contributed by atoms with van der Waals surface area (Å²) in [7, 11) is 5.23. The number of amides is 1. The maximum Gasteiger partial charge on any atom is 0.253 e. The van der Waals surface area contributed by atoms with E-state index in [9.17, 15) is 9.18 Å². The average Bonchev–Trinajstić information content (AvgIpc) is 2.95. The monoisotopic (exact) mass is 531 g/mol. The van der Waals surface area contributed by atoms with Crippen LogP contribution in [0.2, 0.25) is 0 Å². The second-order valence-electron chi connectivity index (χ2n) is 10.0. The van der Waals surface area contributed by atoms with Gasteiger partial charge in [-0.15, -0.1) is 0 Å². The summed E-state index contributed by atoms with van der Waals surface area (Å²) in [5, 5.41) is 3.11. The maximum atomic E-state index is 14.9. The number of piperidine rings is 1. The molecule has 0 bridgehead atoms. The van der Waals surface area contributed by atoms with E-state index >= 15 is 0 Å². The van der Waals surface area contributed by atoms with Gasteiger partial charge in [0.25, 0.3) is 5.91 Å². The molecular weight excluding hydrogens is 489 g/mol. The molecule has 1 aliphatic heterocycles. The highest BCUT2D eigenvalue weighted by Gasteiger charge is 2.24. The second kappa shape index (κ2) is 14.0. The van der Waals surface area contributed by atoms with E-state index in [0.717, 1.165) is 66.2 Å². The van der Waals surface area contributed by atoms with Gasteiger partial charge in [0.2, 0.25) is 0 Å². The molecule has 3 heterocycles. The summed E-state index contributed by atoms with van der Waals surface area (Å²) in [4.78, 5) is 25.2. The molecule has 4 rings (SSSR count). The lowest BCUT2D eigenvalue weighted by Crippen LogP contribution is -2.34. The first-order valence-electron chi connectivity index (χ1n) is 13.8. The molecule has 1 saturated heterocycles. The van der Waals surface area contributed by atoms with Crippen molar-refractivity contribution >= 4 is 17.7 Å². The van der Waals surface area contributed by atoms with Crippen LogP contribution in [0.15, 0.2) is 54.4 Å². The van der Waals surface area contributed by atoms with Crippen molar-refractivity contribution in [1.82, 2.24) is 19.8 Å². The number of hydrogen-bond acceptors (Lipinski definition) is 5. The van der Waals surface area contributed by atoms with Crippen molar-refractivity contribution in [2.24, 2.45) is 0 Å². The number of aryl methyl sites for hydroxylation is 1. The van der Waals surface area contributed by atoms with Gasteiger partial charge in [-0.3, -0.25) is 19.7 Å². The van der Waals surface area contributed by atoms with Crippen LogP contribution in [0, 0.1) is 12.7 Å². The van der Waals surface area contributed by atoms with Crippen molar-refractivity contribution in [3.63, 3.8) is 0 Å². The van der Waals surface area contributed by atoms with Crippen molar-refractivity contribution in [1.29, 1.82) is 0 Å². The number of benzene rings is 1. The molecule has 3 aromatic rings. The Labute approximate surface area is 233 Å². The highest BCUT2D eigenvalue weighted by molar-refractivity contribution is 5.93. The minimum absolute atomic E-state index is 0.169. The van der Waals surface area contributed by atoms with E-state index in [1.54, 1.807) is 26.2 Å². The molecular formula is C32H42FN5O. The molecule has 0 saturated carbocycles. The van der Waals surface area contributed by atoms with Crippen LogP contribution in [0.4, 0.5) is 10.1 Å². The Morgan fingerprint density at radius 3 is 2.44 bits per heavy atom. The van der Waals surface area contributed by atoms with E-state index in [4.69, 9.17) is 0 Å². The molecule has 0 radical (unpaired) electrons. The third kappa shape index (κ3) is 7.51. The summed E-state index contributed by atoms with van der Waals surface area (Å²) >= 11 is 0. The minimum Gasteiger partial charge on any atom is -0.387 e. The lowest BCUT2D eigenvalue weighted by molar-refractivity contribution is 0.0827. The van der Waals surface area contributed by atoms with Crippen molar-refractivity contribution in [3.05, 3.63) is 82.6 Å². The van der Waals surface area contributed by atoms with Crippen LogP contribution in [0.1, 0.15) is 66.7 Å². The third-order valence-corrected chi connectivity index (χ3v) is 7.06. The summed E-state index contributed by atoms with van der Waals surface area (Å²) in [5.74, 6) is -0.290. The fourth-order valence-electron chi connectivity index (χ4n) is 4.98. The van der Waals surface area contributed by atoms with E-state index in [1.807, 2.05) is 58.4 Å². The van der Waals surface area contributed by atoms with E-state index in [0.29, 0.717) is 5.56 Å². The van der Waals surface area contributed by atoms with Crippen LogP contribution in [-0.2, 0) is 0 Å². The molecule has 1 aromatic carbocycles. The van der Waals surface area contributed by atoms with Crippen molar-refractivity contribution in [2.75, 3.05) is 46.1 Å². The summed E-state index contributed by atoms with van der Waals surface area (Å²) in [5.41, 5.74) is 7.39. The lowest BCUT2D eigenvalue weighted by atomic mass is 9.88. The van der Waals surface area contributed by atoms with Crippen molar-refractivity contribution < 1.29 is 9.18 Å². The SMILES string of the molecule is CC.CNc1ccc(-c2ccnc(C)c2/C=C(\C)CN2CCC(c3ccc(C(=O)N(C)C)cc3F)CC2)nc1. The quantitative estimate of drug-likeness (QED) is 0.370. The number of halogens is 1. The molecule has 2 aromatic heterocycles. The van der Waals surface area contributed by atoms with E-state index in [2.05, 4.69) is 33.2 Å². The molecule has 1 N–H and O–H groups in total. The number of rotatable bonds is 7. The molecule has 0 unspecified atom stereocenters. The number of aromatic nitrogens is 2. The Balaban J connectivity index is 0.00000205. The first-order chi connectivity index (χ1) is 18.8. The van der Waals surface area contributed by atoms with Crippen molar-refractivity contribution in [2.45, 2.75) is 46.5 Å². The van der Waals surface area contributed by atoms with Gasteiger partial charge in [0.15, 0.2) is 0 Å². The normalized spacial score (nSPS) is 14.4. The van der Waals surface area contributed by atoms with Crippen LogP contribution in [0.25, 0.3) is 17.3 Å². The highest BCUT2D eigenvalue weighted by Crippen LogP contribution is 2.31. The number of pyridine rings is 2. The number of nitrogens with one attached hydrogen (secondary N) is 1. The fraction of sp³-hybridized carbons (Fsp3) is 0.406. The highest BCUT2D eigenvalue weighted by atomic mass is 19.1. The van der Waals surface area contributed by atoms with Gasteiger partial charge in [0.05, 0.1) is 17.6 Å². The molecule has 208 valence electrons. The Kier molecular flexibility index (Phi) is 10.8. The van der Waals surface area contributed by atoms with Gasteiger partial charge in [0.1, 0.15) is 5.82 Å². The molecule has 39 heavy (non-hydrogen) atoms. The average molecular weight is 532 g/mol. The Morgan fingerprint density at radius 2 is 1.85 bits per heavy atom. The van der Waals surface area contributed by atoms with Gasteiger partial charge < -0.3 is 10.2 Å². The number of hydrogen-bond donors (Lipinski definition) is 1. The number of likely N-dealkylation sites (tertiary alicyclic amines) is 1. The summed E-state index contributed by atoms with van der Waals surface area (Å²) in [6.07, 6.45) is 7.68. The fourth-order valence-corrected chi connectivity index (χ4v) is 4.98. The van der Waals surface area contributed by atoms with Crippen LogP contribution in [0.5, 0.6) is 0 Å². The Morgan fingerprint density at radius 1 is 1.13 bits per heavy atom. The Hall–Kier alpha value is -3.58. The zero-order valence-corrected chi connectivity index (χ0v) is 24.4. The third-order valence-electron chi connectivity index (χ3n) is 7.06. The molecule has 1 aliphatic rings. The smallest absolute Gasteiger partial charge is 0.253 e. The largest absolute Gasteiger partial charge is 0.387 e. The lowest BCUT2D eigenvalue weighted by Gasteiger charge is -2.32. The van der Waals surface area contributed by atoms with Gasteiger partial charge in [-0.05, 0) is 81.6 Å². The minimum atomic E-state index is -0.279. The summed E-state index contributed by atoms with van der Waals surface area (Å²) in [6, 6.07) is 11.0. The van der Waals surface area contributed by atoms with Gasteiger partial charge >= 0.3 is 0 Å².